The second kappa shape index (κ2) is 3.15. The zero-order valence-corrected chi connectivity index (χ0v) is 7.80. The third kappa shape index (κ3) is 1.40. The van der Waals surface area contributed by atoms with Crippen LogP contribution in [0.4, 0.5) is 0 Å². The van der Waals surface area contributed by atoms with Crippen LogP contribution in [-0.4, -0.2) is 5.78 Å². The van der Waals surface area contributed by atoms with E-state index in [4.69, 9.17) is 0 Å². The van der Waals surface area contributed by atoms with Crippen molar-refractivity contribution in [3.8, 4) is 0 Å². The minimum Gasteiger partial charge on any atom is -0.290 e. The first-order valence-electron chi connectivity index (χ1n) is 3.95. The molecule has 0 bridgehead atoms. The predicted octanol–water partition coefficient (Wildman–Crippen LogP) is 2.91. The highest BCUT2D eigenvalue weighted by Gasteiger charge is 2.10. The molecule has 0 saturated heterocycles. The molecule has 1 aliphatic rings. The quantitative estimate of drug-likeness (QED) is 0.697. The first-order chi connectivity index (χ1) is 6.31. The van der Waals surface area contributed by atoms with Gasteiger partial charge in [0.15, 0.2) is 5.78 Å². The summed E-state index contributed by atoms with van der Waals surface area (Å²) < 4.78 is 0. The van der Waals surface area contributed by atoms with E-state index in [-0.39, 0.29) is 5.78 Å². The maximum absolute atomic E-state index is 11.0. The van der Waals surface area contributed by atoms with Crippen LogP contribution in [0.25, 0.3) is 11.6 Å². The van der Waals surface area contributed by atoms with Crippen LogP contribution >= 0.6 is 11.3 Å². The fourth-order valence-electron chi connectivity index (χ4n) is 1.31. The van der Waals surface area contributed by atoms with Crippen LogP contribution in [0.5, 0.6) is 0 Å². The maximum atomic E-state index is 11.0. The minimum absolute atomic E-state index is 0.0659. The molecule has 64 valence electrons. The van der Waals surface area contributed by atoms with Crippen LogP contribution in [-0.2, 0) is 4.79 Å². The van der Waals surface area contributed by atoms with Gasteiger partial charge in [0.2, 0.25) is 0 Å². The Morgan fingerprint density at radius 1 is 1.38 bits per heavy atom. The number of hydrogen-bond donors (Lipinski definition) is 0. The molecule has 1 nitrogen and oxygen atoms in total. The van der Waals surface area contributed by atoms with Crippen molar-refractivity contribution in [2.24, 2.45) is 0 Å². The summed E-state index contributed by atoms with van der Waals surface area (Å²) in [6.07, 6.45) is 6.89. The first-order valence-corrected chi connectivity index (χ1v) is 4.83. The van der Waals surface area contributed by atoms with Gasteiger partial charge in [0.25, 0.3) is 0 Å². The van der Waals surface area contributed by atoms with Crippen molar-refractivity contribution >= 4 is 28.8 Å². The molecule has 0 spiro atoms. The lowest BCUT2D eigenvalue weighted by Crippen LogP contribution is -1.80. The maximum Gasteiger partial charge on any atom is 0.179 e. The van der Waals surface area contributed by atoms with Crippen LogP contribution in [0.3, 0.4) is 0 Å². The Kier molecular flexibility index (Phi) is 1.99. The third-order valence-electron chi connectivity index (χ3n) is 1.92. The molecule has 0 N–H and O–H groups in total. The number of carbonyl (C=O) groups excluding carboxylic acids is 1. The van der Waals surface area contributed by atoms with Crippen LogP contribution in [0.2, 0.25) is 0 Å². The summed E-state index contributed by atoms with van der Waals surface area (Å²) in [6, 6.07) is 2.01. The van der Waals surface area contributed by atoms with Gasteiger partial charge in [0, 0.05) is 4.88 Å². The molecule has 2 heteroatoms. The number of allylic oxidation sites excluding steroid dienone is 4. The third-order valence-corrected chi connectivity index (χ3v) is 2.83. The fraction of sp³-hybridized carbons (Fsp3) is 0. The van der Waals surface area contributed by atoms with Gasteiger partial charge in [0.05, 0.1) is 0 Å². The van der Waals surface area contributed by atoms with Gasteiger partial charge in [-0.1, -0.05) is 18.7 Å². The summed E-state index contributed by atoms with van der Waals surface area (Å²) in [5.41, 5.74) is 2.09. The molecule has 1 aromatic heterocycles. The molecular formula is C11H8OS. The zero-order valence-electron chi connectivity index (χ0n) is 6.99. The van der Waals surface area contributed by atoms with Crippen molar-refractivity contribution in [1.82, 2.24) is 0 Å². The van der Waals surface area contributed by atoms with Crippen molar-refractivity contribution in [1.29, 1.82) is 0 Å². The molecule has 0 unspecified atom stereocenters. The van der Waals surface area contributed by atoms with Gasteiger partial charge in [-0.2, -0.15) is 0 Å². The average molecular weight is 188 g/mol. The Morgan fingerprint density at radius 3 is 2.85 bits per heavy atom. The highest BCUT2D eigenvalue weighted by Crippen LogP contribution is 2.28. The van der Waals surface area contributed by atoms with Crippen molar-refractivity contribution in [2.45, 2.75) is 0 Å². The molecule has 0 radical (unpaired) electrons. The lowest BCUT2D eigenvalue weighted by Gasteiger charge is -1.96. The van der Waals surface area contributed by atoms with Crippen LogP contribution in [0.1, 0.15) is 10.4 Å². The van der Waals surface area contributed by atoms with E-state index in [0.29, 0.717) is 0 Å². The highest BCUT2D eigenvalue weighted by atomic mass is 32.1. The van der Waals surface area contributed by atoms with Crippen molar-refractivity contribution in [3.05, 3.63) is 46.7 Å². The van der Waals surface area contributed by atoms with E-state index in [0.717, 1.165) is 16.0 Å². The Labute approximate surface area is 80.7 Å². The largest absolute Gasteiger partial charge is 0.290 e. The van der Waals surface area contributed by atoms with Gasteiger partial charge >= 0.3 is 0 Å². The number of hydrogen-bond acceptors (Lipinski definition) is 2. The van der Waals surface area contributed by atoms with E-state index >= 15 is 0 Å². The molecule has 0 aromatic carbocycles. The molecular weight excluding hydrogens is 180 g/mol. The lowest BCUT2D eigenvalue weighted by molar-refractivity contribution is -0.110. The number of ketones is 1. The van der Waals surface area contributed by atoms with E-state index in [1.807, 2.05) is 23.6 Å². The van der Waals surface area contributed by atoms with E-state index < -0.39 is 0 Å². The van der Waals surface area contributed by atoms with Gasteiger partial charge in [-0.3, -0.25) is 4.79 Å². The molecule has 0 atom stereocenters. The number of rotatable bonds is 2. The molecule has 0 saturated carbocycles. The smallest absolute Gasteiger partial charge is 0.179 e. The zero-order chi connectivity index (χ0) is 9.26. The first kappa shape index (κ1) is 8.20. The van der Waals surface area contributed by atoms with Crippen LogP contribution < -0.4 is 0 Å². The van der Waals surface area contributed by atoms with Crippen molar-refractivity contribution in [2.75, 3.05) is 0 Å². The minimum atomic E-state index is 0.0659. The van der Waals surface area contributed by atoms with Crippen molar-refractivity contribution < 1.29 is 4.79 Å². The van der Waals surface area contributed by atoms with Gasteiger partial charge in [0.1, 0.15) is 0 Å². The van der Waals surface area contributed by atoms with Crippen LogP contribution in [0, 0.1) is 0 Å². The number of carbonyl (C=O) groups is 1. The predicted molar refractivity (Wildman–Crippen MR) is 56.5 cm³/mol. The highest BCUT2D eigenvalue weighted by molar-refractivity contribution is 7.11. The van der Waals surface area contributed by atoms with E-state index in [9.17, 15) is 4.79 Å². The van der Waals surface area contributed by atoms with E-state index in [1.54, 1.807) is 23.5 Å². The molecule has 0 aliphatic heterocycles. The average Bonchev–Trinajstić information content (AvgIpc) is 2.71. The summed E-state index contributed by atoms with van der Waals surface area (Å²) in [5, 5.41) is 2.00. The molecule has 2 rings (SSSR count). The van der Waals surface area contributed by atoms with Crippen molar-refractivity contribution in [3.63, 3.8) is 0 Å². The SMILES string of the molecule is C=Cc1sccc1C1=CC(=O)C=C1. The summed E-state index contributed by atoms with van der Waals surface area (Å²) in [4.78, 5) is 12.1. The molecule has 1 aliphatic carbocycles. The van der Waals surface area contributed by atoms with Gasteiger partial charge in [-0.05, 0) is 34.7 Å². The molecule has 1 aromatic rings. The van der Waals surface area contributed by atoms with E-state index in [2.05, 4.69) is 6.58 Å². The normalized spacial score (nSPS) is 14.8. The summed E-state index contributed by atoms with van der Waals surface area (Å²) >= 11 is 1.63. The van der Waals surface area contributed by atoms with Gasteiger partial charge in [-0.15, -0.1) is 11.3 Å². The van der Waals surface area contributed by atoms with Gasteiger partial charge in [-0.25, -0.2) is 0 Å². The van der Waals surface area contributed by atoms with E-state index in [1.165, 1.54) is 0 Å². The van der Waals surface area contributed by atoms with Gasteiger partial charge < -0.3 is 0 Å². The topological polar surface area (TPSA) is 17.1 Å². The second-order valence-corrected chi connectivity index (χ2v) is 3.69. The molecule has 0 amide bonds. The monoisotopic (exact) mass is 188 g/mol. The molecule has 1 heterocycles. The summed E-state index contributed by atoms with van der Waals surface area (Å²) in [7, 11) is 0. The second-order valence-electron chi connectivity index (χ2n) is 2.74. The fourth-order valence-corrected chi connectivity index (χ4v) is 2.07. The Hall–Kier alpha value is -1.41. The summed E-state index contributed by atoms with van der Waals surface area (Å²) in [6.45, 7) is 3.73. The molecule has 13 heavy (non-hydrogen) atoms. The van der Waals surface area contributed by atoms with Crippen LogP contribution in [0.15, 0.2) is 36.3 Å². The summed E-state index contributed by atoms with van der Waals surface area (Å²) in [5.74, 6) is 0.0659. The standard InChI is InChI=1S/C11H8OS/c1-2-11-10(5-6-13-11)8-3-4-9(12)7-8/h2-7H,1H2. The Bertz CT molecular complexity index is 421. The Balaban J connectivity index is 2.47. The Morgan fingerprint density at radius 2 is 2.23 bits per heavy atom. The molecule has 0 fully saturated rings. The number of thiophene rings is 1. The lowest BCUT2D eigenvalue weighted by atomic mass is 10.1.